The van der Waals surface area contributed by atoms with Gasteiger partial charge >= 0.3 is 0 Å². The number of hydrogen-bond acceptors (Lipinski definition) is 5. The predicted molar refractivity (Wildman–Crippen MR) is 113 cm³/mol. The number of ether oxygens (including phenoxy) is 1. The van der Waals surface area contributed by atoms with Crippen molar-refractivity contribution in [3.05, 3.63) is 54.1 Å². The Bertz CT molecular complexity index is 1090. The molecule has 156 valence electrons. The smallest absolute Gasteiger partial charge is 0.266 e. The lowest BCUT2D eigenvalue weighted by Crippen LogP contribution is -2.25. The maximum Gasteiger partial charge on any atom is 0.266 e. The Hall–Kier alpha value is -3.68. The van der Waals surface area contributed by atoms with Crippen LogP contribution in [0.2, 0.25) is 0 Å². The second-order valence-electron chi connectivity index (χ2n) is 6.98. The third-order valence-electron chi connectivity index (χ3n) is 4.60. The van der Waals surface area contributed by atoms with Gasteiger partial charge in [-0.1, -0.05) is 18.2 Å². The van der Waals surface area contributed by atoms with Gasteiger partial charge in [0.15, 0.2) is 5.69 Å². The van der Waals surface area contributed by atoms with Crippen LogP contribution in [0.3, 0.4) is 0 Å². The van der Waals surface area contributed by atoms with Crippen molar-refractivity contribution in [2.45, 2.75) is 26.3 Å². The highest BCUT2D eigenvalue weighted by atomic mass is 16.5. The number of carbonyl (C=O) groups is 2. The molecule has 0 saturated carbocycles. The lowest BCUT2D eigenvalue weighted by molar-refractivity contribution is -0.118. The molecule has 3 aromatic rings. The van der Waals surface area contributed by atoms with Crippen LogP contribution in [0.25, 0.3) is 10.9 Å². The van der Waals surface area contributed by atoms with Gasteiger partial charge in [0.05, 0.1) is 12.6 Å². The van der Waals surface area contributed by atoms with Crippen molar-refractivity contribution < 1.29 is 19.4 Å². The van der Waals surface area contributed by atoms with E-state index in [-0.39, 0.29) is 36.5 Å². The van der Waals surface area contributed by atoms with Crippen LogP contribution in [-0.4, -0.2) is 35.1 Å². The van der Waals surface area contributed by atoms with Crippen molar-refractivity contribution in [1.29, 1.82) is 0 Å². The van der Waals surface area contributed by atoms with E-state index in [4.69, 9.17) is 4.74 Å². The lowest BCUT2D eigenvalue weighted by atomic mass is 10.2. The van der Waals surface area contributed by atoms with Gasteiger partial charge in [-0.05, 0) is 44.2 Å². The summed E-state index contributed by atoms with van der Waals surface area (Å²) in [5, 5.41) is 21.7. The number of rotatable bonds is 7. The molecular formula is C22H24N4O4. The van der Waals surface area contributed by atoms with Crippen LogP contribution < -0.4 is 10.1 Å². The molecule has 3 rings (SSSR count). The second kappa shape index (κ2) is 9.21. The Kier molecular flexibility index (Phi) is 6.46. The van der Waals surface area contributed by atoms with Crippen molar-refractivity contribution in [2.75, 3.05) is 13.7 Å². The van der Waals surface area contributed by atoms with E-state index in [1.807, 2.05) is 26.0 Å². The predicted octanol–water partition coefficient (Wildman–Crippen LogP) is 4.37. The Morgan fingerprint density at radius 2 is 1.90 bits per heavy atom. The molecule has 0 aliphatic rings. The molecule has 0 unspecified atom stereocenters. The van der Waals surface area contributed by atoms with Gasteiger partial charge in [-0.15, -0.1) is 10.2 Å². The third kappa shape index (κ3) is 4.48. The van der Waals surface area contributed by atoms with Crippen LogP contribution >= 0.6 is 0 Å². The van der Waals surface area contributed by atoms with Crippen LogP contribution in [-0.2, 0) is 4.79 Å². The molecule has 2 aromatic carbocycles. The first-order valence-electron chi connectivity index (χ1n) is 9.61. The Morgan fingerprint density at radius 3 is 2.57 bits per heavy atom. The van der Waals surface area contributed by atoms with E-state index in [1.54, 1.807) is 48.1 Å². The fourth-order valence-electron chi connectivity index (χ4n) is 3.14. The topological polar surface area (TPSA) is 105 Å². The molecule has 8 heteroatoms. The summed E-state index contributed by atoms with van der Waals surface area (Å²) in [6.07, 6.45) is -0.00498. The number of benzene rings is 2. The van der Waals surface area contributed by atoms with Gasteiger partial charge in [0.1, 0.15) is 5.75 Å². The summed E-state index contributed by atoms with van der Waals surface area (Å²) in [7, 11) is 1.55. The molecule has 1 aromatic heterocycles. The zero-order chi connectivity index (χ0) is 21.7. The van der Waals surface area contributed by atoms with Crippen LogP contribution in [0.4, 0.5) is 5.69 Å². The molecule has 8 nitrogen and oxygen atoms in total. The van der Waals surface area contributed by atoms with E-state index in [2.05, 4.69) is 15.5 Å². The summed E-state index contributed by atoms with van der Waals surface area (Å²) in [5.74, 6) is -0.224. The normalized spacial score (nSPS) is 11.3. The Morgan fingerprint density at radius 1 is 1.17 bits per heavy atom. The number of nitrogens with zero attached hydrogens (tertiary/aromatic N) is 3. The molecule has 0 aliphatic heterocycles. The fraction of sp³-hybridized carbons (Fsp3) is 0.273. The fourth-order valence-corrected chi connectivity index (χ4v) is 3.14. The van der Waals surface area contributed by atoms with E-state index in [0.29, 0.717) is 16.7 Å². The monoisotopic (exact) mass is 408 g/mol. The number of fused-ring (bicyclic) bond motifs is 1. The van der Waals surface area contributed by atoms with Crippen LogP contribution in [0.1, 0.15) is 36.7 Å². The highest BCUT2D eigenvalue weighted by Gasteiger charge is 2.19. The quantitative estimate of drug-likeness (QED) is 0.566. The number of carbonyl (C=O) groups excluding carboxylic acids is 2. The highest BCUT2D eigenvalue weighted by molar-refractivity contribution is 5.96. The zero-order valence-corrected chi connectivity index (χ0v) is 17.1. The van der Waals surface area contributed by atoms with E-state index < -0.39 is 5.91 Å². The Labute approximate surface area is 174 Å². The van der Waals surface area contributed by atoms with Gasteiger partial charge in [0.2, 0.25) is 5.88 Å². The van der Waals surface area contributed by atoms with Gasteiger partial charge in [-0.3, -0.25) is 9.59 Å². The van der Waals surface area contributed by atoms with E-state index in [0.717, 1.165) is 5.52 Å². The van der Waals surface area contributed by atoms with Gasteiger partial charge < -0.3 is 19.7 Å². The van der Waals surface area contributed by atoms with E-state index in [1.165, 1.54) is 0 Å². The van der Waals surface area contributed by atoms with E-state index >= 15 is 0 Å². The first-order valence-corrected chi connectivity index (χ1v) is 9.61. The van der Waals surface area contributed by atoms with Gasteiger partial charge in [-0.25, -0.2) is 0 Å². The largest absolute Gasteiger partial charge is 0.497 e. The lowest BCUT2D eigenvalue weighted by Gasteiger charge is -2.10. The summed E-state index contributed by atoms with van der Waals surface area (Å²) in [5.41, 5.74) is 1.49. The number of hydrogen-bond donors (Lipinski definition) is 2. The minimum atomic E-state index is -0.504. The van der Waals surface area contributed by atoms with Crippen molar-refractivity contribution >= 4 is 28.4 Å². The molecule has 0 fully saturated rings. The molecule has 0 bridgehead atoms. The number of aromatic hydroxyl groups is 1. The highest BCUT2D eigenvalue weighted by Crippen LogP contribution is 2.42. The number of aromatic nitrogens is 1. The summed E-state index contributed by atoms with van der Waals surface area (Å²) >= 11 is 0. The number of nitrogens with one attached hydrogen (secondary N) is 1. The molecular weight excluding hydrogens is 384 g/mol. The third-order valence-corrected chi connectivity index (χ3v) is 4.60. The maximum atomic E-state index is 12.1. The molecule has 1 heterocycles. The van der Waals surface area contributed by atoms with Crippen LogP contribution in [0, 0.1) is 0 Å². The van der Waals surface area contributed by atoms with Gasteiger partial charge in [-0.2, -0.15) is 0 Å². The van der Waals surface area contributed by atoms with Crippen molar-refractivity contribution in [1.82, 2.24) is 9.88 Å². The average Bonchev–Trinajstić information content (AvgIpc) is 3.03. The molecule has 0 aliphatic carbocycles. The summed E-state index contributed by atoms with van der Waals surface area (Å²) in [6.45, 7) is 4.01. The van der Waals surface area contributed by atoms with Gasteiger partial charge in [0, 0.05) is 30.0 Å². The number of methoxy groups -OCH3 is 1. The SMILES string of the molecule is COc1ccc2c(c1)c(N=NC(=O)CCNC(=O)c1ccccc1)c(O)n2C(C)C. The average molecular weight is 408 g/mol. The minimum Gasteiger partial charge on any atom is -0.497 e. The summed E-state index contributed by atoms with van der Waals surface area (Å²) in [6, 6.07) is 14.1. The molecule has 2 N–H and O–H groups in total. The van der Waals surface area contributed by atoms with Crippen LogP contribution in [0.15, 0.2) is 58.8 Å². The van der Waals surface area contributed by atoms with Crippen molar-refractivity contribution in [2.24, 2.45) is 10.2 Å². The Balaban J connectivity index is 1.72. The molecule has 0 spiro atoms. The molecule has 0 saturated heterocycles. The van der Waals surface area contributed by atoms with E-state index in [9.17, 15) is 14.7 Å². The standard InChI is InChI=1S/C22H24N4O4/c1-14(2)26-18-10-9-16(30-3)13-17(18)20(22(26)29)25-24-19(27)11-12-23-21(28)15-7-5-4-6-8-15/h4-10,13-14,29H,11-12H2,1-3H3,(H,23,28). The first kappa shape index (κ1) is 21.0. The number of amides is 2. The maximum absolute atomic E-state index is 12.1. The molecule has 30 heavy (non-hydrogen) atoms. The van der Waals surface area contributed by atoms with Crippen molar-refractivity contribution in [3.63, 3.8) is 0 Å². The zero-order valence-electron chi connectivity index (χ0n) is 17.1. The molecule has 2 amide bonds. The summed E-state index contributed by atoms with van der Waals surface area (Å²) in [4.78, 5) is 24.1. The van der Waals surface area contributed by atoms with Crippen molar-refractivity contribution in [3.8, 4) is 11.6 Å². The minimum absolute atomic E-state index is 0.00498. The summed E-state index contributed by atoms with van der Waals surface area (Å²) < 4.78 is 6.97. The second-order valence-corrected chi connectivity index (χ2v) is 6.98. The number of azo groups is 1. The molecule has 0 radical (unpaired) electrons. The molecule has 0 atom stereocenters. The van der Waals surface area contributed by atoms with Crippen LogP contribution in [0.5, 0.6) is 11.6 Å². The first-order chi connectivity index (χ1) is 14.4. The van der Waals surface area contributed by atoms with Gasteiger partial charge in [0.25, 0.3) is 11.8 Å².